The van der Waals surface area contributed by atoms with Crippen LogP contribution in [0.3, 0.4) is 0 Å². The van der Waals surface area contributed by atoms with E-state index in [0.717, 1.165) is 24.3 Å². The number of hydrogen-bond acceptors (Lipinski definition) is 0. The zero-order chi connectivity index (χ0) is 14.2. The molecule has 0 fully saturated rings. The lowest BCUT2D eigenvalue weighted by Crippen LogP contribution is -1.98. The van der Waals surface area contributed by atoms with Crippen molar-refractivity contribution in [2.45, 2.75) is 5.33 Å². The van der Waals surface area contributed by atoms with Crippen molar-refractivity contribution in [1.82, 2.24) is 0 Å². The van der Waals surface area contributed by atoms with Gasteiger partial charge in [-0.25, -0.2) is 17.6 Å². The highest BCUT2D eigenvalue weighted by Gasteiger charge is 2.21. The van der Waals surface area contributed by atoms with E-state index >= 15 is 0 Å². The van der Waals surface area contributed by atoms with Crippen LogP contribution in [0.15, 0.2) is 28.7 Å². The first kappa shape index (κ1) is 14.5. The molecule has 0 aliphatic rings. The van der Waals surface area contributed by atoms with Crippen molar-refractivity contribution in [3.8, 4) is 11.1 Å². The summed E-state index contributed by atoms with van der Waals surface area (Å²) in [5.41, 5.74) is -1.07. The monoisotopic (exact) mass is 396 g/mol. The van der Waals surface area contributed by atoms with E-state index in [-0.39, 0.29) is 9.80 Å². The molecule has 0 N–H and O–H groups in total. The van der Waals surface area contributed by atoms with E-state index in [9.17, 15) is 17.6 Å². The Bertz CT molecular complexity index is 595. The predicted molar refractivity (Wildman–Crippen MR) is 72.0 cm³/mol. The minimum Gasteiger partial charge on any atom is -0.206 e. The normalized spacial score (nSPS) is 10.8. The fourth-order valence-electron chi connectivity index (χ4n) is 1.72. The number of hydrogen-bond donors (Lipinski definition) is 0. The van der Waals surface area contributed by atoms with Gasteiger partial charge in [-0.1, -0.05) is 31.9 Å². The van der Waals surface area contributed by atoms with Crippen molar-refractivity contribution in [2.24, 2.45) is 0 Å². The van der Waals surface area contributed by atoms with E-state index in [1.165, 1.54) is 0 Å². The summed E-state index contributed by atoms with van der Waals surface area (Å²) in [5.74, 6) is -4.07. The van der Waals surface area contributed by atoms with Crippen molar-refractivity contribution < 1.29 is 17.6 Å². The van der Waals surface area contributed by atoms with Gasteiger partial charge in [0, 0.05) is 9.80 Å². The van der Waals surface area contributed by atoms with Gasteiger partial charge in [-0.3, -0.25) is 0 Å². The van der Waals surface area contributed by atoms with Gasteiger partial charge in [0.15, 0.2) is 0 Å². The van der Waals surface area contributed by atoms with Crippen LogP contribution < -0.4 is 0 Å². The van der Waals surface area contributed by atoms with Gasteiger partial charge in [-0.15, -0.1) is 0 Å². The number of alkyl halides is 1. The lowest BCUT2D eigenvalue weighted by molar-refractivity contribution is 0.562. The Morgan fingerprint density at radius 1 is 0.737 bits per heavy atom. The van der Waals surface area contributed by atoms with Crippen LogP contribution in [0, 0.1) is 23.3 Å². The van der Waals surface area contributed by atoms with Crippen molar-refractivity contribution >= 4 is 31.9 Å². The lowest BCUT2D eigenvalue weighted by Gasteiger charge is -2.10. The second-order valence-corrected chi connectivity index (χ2v) is 5.29. The Morgan fingerprint density at radius 3 is 1.47 bits per heavy atom. The summed E-state index contributed by atoms with van der Waals surface area (Å²) in [6.07, 6.45) is 0. The molecule has 0 aromatic heterocycles. The first-order valence-corrected chi connectivity index (χ1v) is 7.04. The van der Waals surface area contributed by atoms with Crippen LogP contribution in [0.1, 0.15) is 5.56 Å². The Kier molecular flexibility index (Phi) is 4.30. The minimum atomic E-state index is -1.03. The molecule has 0 aliphatic heterocycles. The Hall–Kier alpha value is -0.880. The molecule has 0 bridgehead atoms. The standard InChI is InChI=1S/C13H6Br2F4/c14-5-6-1-8(16)12(9(17)2-6)13-10(18)3-7(15)4-11(13)19/h1-4H,5H2. The zero-order valence-electron chi connectivity index (χ0n) is 9.28. The second kappa shape index (κ2) is 5.63. The molecule has 0 radical (unpaired) electrons. The molecule has 2 rings (SSSR count). The summed E-state index contributed by atoms with van der Waals surface area (Å²) in [7, 11) is 0. The quantitative estimate of drug-likeness (QED) is 0.459. The fraction of sp³-hybridized carbons (Fsp3) is 0.0769. The summed E-state index contributed by atoms with van der Waals surface area (Å²) >= 11 is 5.96. The molecule has 0 saturated carbocycles. The molecule has 0 amide bonds. The molecule has 19 heavy (non-hydrogen) atoms. The van der Waals surface area contributed by atoms with Gasteiger partial charge in [-0.2, -0.15) is 0 Å². The molecule has 6 heteroatoms. The molecule has 0 saturated heterocycles. The van der Waals surface area contributed by atoms with Gasteiger partial charge in [0.05, 0.1) is 11.1 Å². The highest BCUT2D eigenvalue weighted by Crippen LogP contribution is 2.33. The first-order valence-electron chi connectivity index (χ1n) is 5.13. The smallest absolute Gasteiger partial charge is 0.135 e. The first-order chi connectivity index (χ1) is 8.93. The molecular formula is C13H6Br2F4. The SMILES string of the molecule is Fc1cc(Br)cc(F)c1-c1c(F)cc(CBr)cc1F. The topological polar surface area (TPSA) is 0 Å². The predicted octanol–water partition coefficient (Wildman–Crippen LogP) is 5.57. The van der Waals surface area contributed by atoms with E-state index in [4.69, 9.17) is 0 Å². The largest absolute Gasteiger partial charge is 0.206 e. The highest BCUT2D eigenvalue weighted by atomic mass is 79.9. The van der Waals surface area contributed by atoms with Crippen LogP contribution in [0.5, 0.6) is 0 Å². The third-order valence-electron chi connectivity index (χ3n) is 2.51. The third-order valence-corrected chi connectivity index (χ3v) is 3.62. The molecule has 0 heterocycles. The van der Waals surface area contributed by atoms with E-state index in [2.05, 4.69) is 31.9 Å². The molecule has 0 nitrogen and oxygen atoms in total. The average Bonchev–Trinajstić information content (AvgIpc) is 2.31. The van der Waals surface area contributed by atoms with Crippen molar-refractivity contribution in [3.05, 3.63) is 57.6 Å². The van der Waals surface area contributed by atoms with Crippen LogP contribution in [0.25, 0.3) is 11.1 Å². The van der Waals surface area contributed by atoms with Crippen LogP contribution >= 0.6 is 31.9 Å². The van der Waals surface area contributed by atoms with E-state index in [1.807, 2.05) is 0 Å². The molecule has 0 atom stereocenters. The van der Waals surface area contributed by atoms with E-state index in [1.54, 1.807) is 0 Å². The number of rotatable bonds is 2. The highest BCUT2D eigenvalue weighted by molar-refractivity contribution is 9.10. The number of benzene rings is 2. The molecule has 0 aliphatic carbocycles. The Balaban J connectivity index is 2.73. The Labute approximate surface area is 123 Å². The maximum Gasteiger partial charge on any atom is 0.135 e. The summed E-state index contributed by atoms with van der Waals surface area (Å²) in [5, 5.41) is 0.242. The summed E-state index contributed by atoms with van der Waals surface area (Å²) in [6, 6.07) is 3.98. The number of halogens is 6. The molecule has 2 aromatic carbocycles. The lowest BCUT2D eigenvalue weighted by atomic mass is 10.0. The van der Waals surface area contributed by atoms with Crippen LogP contribution in [-0.4, -0.2) is 0 Å². The van der Waals surface area contributed by atoms with Crippen LogP contribution in [0.2, 0.25) is 0 Å². The maximum atomic E-state index is 13.8. The van der Waals surface area contributed by atoms with E-state index < -0.39 is 34.4 Å². The molecule has 0 spiro atoms. The fourth-order valence-corrected chi connectivity index (χ4v) is 2.45. The third kappa shape index (κ3) is 2.84. The van der Waals surface area contributed by atoms with Gasteiger partial charge in [0.1, 0.15) is 23.3 Å². The van der Waals surface area contributed by atoms with E-state index in [0.29, 0.717) is 5.56 Å². The van der Waals surface area contributed by atoms with Crippen molar-refractivity contribution in [2.75, 3.05) is 0 Å². The summed E-state index contributed by atoms with van der Waals surface area (Å²) in [4.78, 5) is 0. The average molecular weight is 398 g/mol. The minimum absolute atomic E-state index is 0.157. The van der Waals surface area contributed by atoms with Gasteiger partial charge in [0.25, 0.3) is 0 Å². The maximum absolute atomic E-state index is 13.8. The van der Waals surface area contributed by atoms with Gasteiger partial charge in [0.2, 0.25) is 0 Å². The van der Waals surface area contributed by atoms with Crippen LogP contribution in [0.4, 0.5) is 17.6 Å². The second-order valence-electron chi connectivity index (χ2n) is 3.81. The Morgan fingerprint density at radius 2 is 1.11 bits per heavy atom. The van der Waals surface area contributed by atoms with Gasteiger partial charge in [-0.05, 0) is 29.8 Å². The molecular weight excluding hydrogens is 392 g/mol. The molecule has 0 unspecified atom stereocenters. The molecule has 100 valence electrons. The zero-order valence-corrected chi connectivity index (χ0v) is 12.5. The van der Waals surface area contributed by atoms with Crippen molar-refractivity contribution in [3.63, 3.8) is 0 Å². The molecule has 2 aromatic rings. The van der Waals surface area contributed by atoms with Gasteiger partial charge >= 0.3 is 0 Å². The summed E-state index contributed by atoms with van der Waals surface area (Å²) < 4.78 is 55.3. The van der Waals surface area contributed by atoms with Gasteiger partial charge < -0.3 is 0 Å². The van der Waals surface area contributed by atoms with Crippen LogP contribution in [-0.2, 0) is 5.33 Å². The summed E-state index contributed by atoms with van der Waals surface area (Å²) in [6.45, 7) is 0. The van der Waals surface area contributed by atoms with Crippen molar-refractivity contribution in [1.29, 1.82) is 0 Å².